The van der Waals surface area contributed by atoms with Gasteiger partial charge in [-0.3, -0.25) is 0 Å². The summed E-state index contributed by atoms with van der Waals surface area (Å²) in [6, 6.07) is 4.32. The zero-order chi connectivity index (χ0) is 14.9. The van der Waals surface area contributed by atoms with Crippen LogP contribution in [0.25, 0.3) is 0 Å². The lowest BCUT2D eigenvalue weighted by molar-refractivity contribution is 0.413. The number of hydrogen-bond donors (Lipinski definition) is 1. The molecule has 2 N–H and O–H groups in total. The van der Waals surface area contributed by atoms with Gasteiger partial charge in [0.05, 0.1) is 9.88 Å². The molecule has 8 heteroatoms. The van der Waals surface area contributed by atoms with E-state index in [2.05, 4.69) is 0 Å². The summed E-state index contributed by atoms with van der Waals surface area (Å²) < 4.78 is 26.7. The minimum Gasteiger partial charge on any atom is -0.393 e. The second-order valence-electron chi connectivity index (χ2n) is 4.67. The third kappa shape index (κ3) is 3.83. The molecule has 1 aromatic carbocycles. The van der Waals surface area contributed by atoms with E-state index in [1.54, 1.807) is 0 Å². The highest BCUT2D eigenvalue weighted by Crippen LogP contribution is 2.33. The van der Waals surface area contributed by atoms with Gasteiger partial charge in [0.25, 0.3) is 0 Å². The van der Waals surface area contributed by atoms with E-state index in [0.29, 0.717) is 21.5 Å². The monoisotopic (exact) mass is 352 g/mol. The molecule has 20 heavy (non-hydrogen) atoms. The van der Waals surface area contributed by atoms with Crippen LogP contribution in [0.1, 0.15) is 19.3 Å². The topological polar surface area (TPSA) is 63.4 Å². The van der Waals surface area contributed by atoms with Crippen LogP contribution in [0.15, 0.2) is 23.1 Å². The molecule has 0 spiro atoms. The molecule has 0 heterocycles. The molecule has 0 saturated heterocycles. The van der Waals surface area contributed by atoms with Crippen molar-refractivity contribution in [3.05, 3.63) is 28.2 Å². The van der Waals surface area contributed by atoms with Crippen molar-refractivity contribution in [3.63, 3.8) is 0 Å². The molecular weight excluding hydrogens is 339 g/mol. The number of halogens is 2. The van der Waals surface area contributed by atoms with Crippen LogP contribution in [0, 0.1) is 0 Å². The van der Waals surface area contributed by atoms with E-state index in [-0.39, 0.29) is 17.5 Å². The third-order valence-electron chi connectivity index (χ3n) is 2.98. The number of hydrogen-bond acceptors (Lipinski definition) is 3. The van der Waals surface area contributed by atoms with Gasteiger partial charge < -0.3 is 5.73 Å². The van der Waals surface area contributed by atoms with Crippen LogP contribution >= 0.6 is 35.4 Å². The first-order valence-corrected chi connectivity index (χ1v) is 8.67. The standard InChI is InChI=1S/C12H14Cl2N2O2S2/c13-8-5-9(14)7-11(6-8)20(17,18)16(10-1-2-10)4-3-12(15)19/h5-7,10H,1-4H2,(H2,15,19). The molecule has 0 aliphatic heterocycles. The fourth-order valence-corrected chi connectivity index (χ4v) is 4.40. The molecule has 0 amide bonds. The highest BCUT2D eigenvalue weighted by molar-refractivity contribution is 7.89. The molecular formula is C12H14Cl2N2O2S2. The number of nitrogens with two attached hydrogens (primary N) is 1. The van der Waals surface area contributed by atoms with Gasteiger partial charge in [-0.25, -0.2) is 8.42 Å². The maximum absolute atomic E-state index is 12.7. The molecule has 2 rings (SSSR count). The van der Waals surface area contributed by atoms with Gasteiger partial charge in [0.1, 0.15) is 0 Å². The van der Waals surface area contributed by atoms with Gasteiger partial charge in [0, 0.05) is 29.1 Å². The maximum Gasteiger partial charge on any atom is 0.243 e. The van der Waals surface area contributed by atoms with Gasteiger partial charge in [-0.2, -0.15) is 4.31 Å². The predicted molar refractivity (Wildman–Crippen MR) is 84.8 cm³/mol. The molecule has 4 nitrogen and oxygen atoms in total. The van der Waals surface area contributed by atoms with Gasteiger partial charge >= 0.3 is 0 Å². The van der Waals surface area contributed by atoms with E-state index in [1.807, 2.05) is 0 Å². The average molecular weight is 353 g/mol. The second-order valence-corrected chi connectivity index (χ2v) is 7.96. The number of sulfonamides is 1. The molecule has 0 unspecified atom stereocenters. The molecule has 0 aromatic heterocycles. The predicted octanol–water partition coefficient (Wildman–Crippen LogP) is 2.82. The van der Waals surface area contributed by atoms with Crippen LogP contribution in [0.2, 0.25) is 10.0 Å². The smallest absolute Gasteiger partial charge is 0.243 e. The Kier molecular flexibility index (Phi) is 4.92. The quantitative estimate of drug-likeness (QED) is 0.799. The molecule has 0 atom stereocenters. The van der Waals surface area contributed by atoms with Gasteiger partial charge in [-0.15, -0.1) is 0 Å². The highest BCUT2D eigenvalue weighted by Gasteiger charge is 2.38. The summed E-state index contributed by atoms with van der Waals surface area (Å²) in [5.41, 5.74) is 5.46. The zero-order valence-electron chi connectivity index (χ0n) is 10.6. The lowest BCUT2D eigenvalue weighted by atomic mass is 10.4. The van der Waals surface area contributed by atoms with Crippen LogP contribution in [-0.2, 0) is 10.0 Å². The van der Waals surface area contributed by atoms with E-state index < -0.39 is 10.0 Å². The number of rotatable bonds is 6. The van der Waals surface area contributed by atoms with Crippen LogP contribution < -0.4 is 5.73 Å². The minimum atomic E-state index is -3.63. The fourth-order valence-electron chi connectivity index (χ4n) is 1.89. The van der Waals surface area contributed by atoms with Crippen LogP contribution in [0.3, 0.4) is 0 Å². The summed E-state index contributed by atoms with van der Waals surface area (Å²) in [5.74, 6) is 0. The van der Waals surface area contributed by atoms with E-state index in [4.69, 9.17) is 41.2 Å². The Bertz CT molecular complexity index is 610. The van der Waals surface area contributed by atoms with Crippen molar-refractivity contribution in [2.45, 2.75) is 30.2 Å². The summed E-state index contributed by atoms with van der Waals surface area (Å²) in [6.45, 7) is 0.284. The largest absolute Gasteiger partial charge is 0.393 e. The Morgan fingerprint density at radius 3 is 2.30 bits per heavy atom. The van der Waals surface area contributed by atoms with Gasteiger partial charge in [0.2, 0.25) is 10.0 Å². The summed E-state index contributed by atoms with van der Waals surface area (Å²) in [5, 5.41) is 0.585. The fraction of sp³-hybridized carbons (Fsp3) is 0.417. The first-order valence-electron chi connectivity index (χ1n) is 6.07. The molecule has 110 valence electrons. The van der Waals surface area contributed by atoms with Crippen molar-refractivity contribution in [3.8, 4) is 0 Å². The maximum atomic E-state index is 12.7. The molecule has 1 saturated carbocycles. The molecule has 1 aliphatic rings. The molecule has 0 bridgehead atoms. The summed E-state index contributed by atoms with van der Waals surface area (Å²) in [4.78, 5) is 0.403. The van der Waals surface area contributed by atoms with Crippen molar-refractivity contribution in [1.82, 2.24) is 4.31 Å². The Balaban J connectivity index is 2.32. The van der Waals surface area contributed by atoms with Gasteiger partial charge in [0.15, 0.2) is 0 Å². The summed E-state index contributed by atoms with van der Waals surface area (Å²) in [6.07, 6.45) is 2.06. The van der Waals surface area contributed by atoms with E-state index in [0.717, 1.165) is 12.8 Å². The highest BCUT2D eigenvalue weighted by atomic mass is 35.5. The third-order valence-corrected chi connectivity index (χ3v) is 5.55. The van der Waals surface area contributed by atoms with E-state index in [1.165, 1.54) is 22.5 Å². The molecule has 0 radical (unpaired) electrons. The first-order chi connectivity index (χ1) is 9.30. The normalized spacial score (nSPS) is 15.6. The Morgan fingerprint density at radius 2 is 1.85 bits per heavy atom. The lowest BCUT2D eigenvalue weighted by Crippen LogP contribution is -2.35. The van der Waals surface area contributed by atoms with E-state index >= 15 is 0 Å². The second kappa shape index (κ2) is 6.15. The van der Waals surface area contributed by atoms with Crippen LogP contribution in [0.4, 0.5) is 0 Å². The van der Waals surface area contributed by atoms with Crippen molar-refractivity contribution in [1.29, 1.82) is 0 Å². The average Bonchev–Trinajstić information content (AvgIpc) is 3.11. The Hall–Kier alpha value is -0.400. The minimum absolute atomic E-state index is 0.0205. The van der Waals surface area contributed by atoms with Crippen LogP contribution in [0.5, 0.6) is 0 Å². The van der Waals surface area contributed by atoms with Crippen LogP contribution in [-0.4, -0.2) is 30.3 Å². The van der Waals surface area contributed by atoms with Crippen molar-refractivity contribution in [2.75, 3.05) is 6.54 Å². The molecule has 1 aliphatic carbocycles. The zero-order valence-corrected chi connectivity index (χ0v) is 13.7. The summed E-state index contributed by atoms with van der Waals surface area (Å²) >= 11 is 16.6. The lowest BCUT2D eigenvalue weighted by Gasteiger charge is -2.22. The number of thiocarbonyl (C=S) groups is 1. The van der Waals surface area contributed by atoms with Crippen molar-refractivity contribution in [2.24, 2.45) is 5.73 Å². The van der Waals surface area contributed by atoms with Gasteiger partial charge in [-0.05, 0) is 31.0 Å². The Morgan fingerprint density at radius 1 is 1.30 bits per heavy atom. The van der Waals surface area contributed by atoms with E-state index in [9.17, 15) is 8.42 Å². The van der Waals surface area contributed by atoms with Crippen molar-refractivity contribution >= 4 is 50.4 Å². The first kappa shape index (κ1) is 16.0. The Labute approximate surface area is 133 Å². The summed E-state index contributed by atoms with van der Waals surface area (Å²) in [7, 11) is -3.63. The number of benzene rings is 1. The SMILES string of the molecule is NC(=S)CCN(C1CC1)S(=O)(=O)c1cc(Cl)cc(Cl)c1. The number of nitrogens with zero attached hydrogens (tertiary/aromatic N) is 1. The molecule has 1 aromatic rings. The van der Waals surface area contributed by atoms with Gasteiger partial charge in [-0.1, -0.05) is 35.4 Å². The van der Waals surface area contributed by atoms with Crippen molar-refractivity contribution < 1.29 is 8.42 Å². The molecule has 1 fully saturated rings.